The summed E-state index contributed by atoms with van der Waals surface area (Å²) in [4.78, 5) is 37.9. The normalized spacial score (nSPS) is 15.3. The molecular formula is C22H18NO5-. The van der Waals surface area contributed by atoms with Gasteiger partial charge in [-0.15, -0.1) is 0 Å². The van der Waals surface area contributed by atoms with Gasteiger partial charge in [0.15, 0.2) is 0 Å². The van der Waals surface area contributed by atoms with Gasteiger partial charge < -0.3 is 14.6 Å². The van der Waals surface area contributed by atoms with Crippen molar-refractivity contribution in [3.63, 3.8) is 0 Å². The van der Waals surface area contributed by atoms with E-state index in [9.17, 15) is 19.5 Å². The first-order chi connectivity index (χ1) is 13.3. The molecule has 1 amide bonds. The van der Waals surface area contributed by atoms with Gasteiger partial charge in [-0.1, -0.05) is 36.4 Å². The summed E-state index contributed by atoms with van der Waals surface area (Å²) in [5.74, 6) is -2.25. The molecule has 0 saturated heterocycles. The fourth-order valence-corrected chi connectivity index (χ4v) is 3.14. The average molecular weight is 376 g/mol. The number of anilines is 1. The second-order valence-electron chi connectivity index (χ2n) is 6.40. The van der Waals surface area contributed by atoms with Crippen LogP contribution >= 0.6 is 0 Å². The average Bonchev–Trinajstić information content (AvgIpc) is 2.91. The maximum absolute atomic E-state index is 13.1. The molecule has 1 aliphatic heterocycles. The lowest BCUT2D eigenvalue weighted by Gasteiger charge is -2.18. The topological polar surface area (TPSA) is 86.7 Å². The van der Waals surface area contributed by atoms with Gasteiger partial charge in [-0.05, 0) is 48.7 Å². The molecule has 1 aliphatic rings. The highest BCUT2D eigenvalue weighted by atomic mass is 16.5. The number of allylic oxidation sites excluding steroid dienone is 1. The van der Waals surface area contributed by atoms with Crippen LogP contribution in [0.1, 0.15) is 28.4 Å². The van der Waals surface area contributed by atoms with Crippen LogP contribution in [-0.2, 0) is 14.3 Å². The molecule has 0 spiro atoms. The maximum atomic E-state index is 13.1. The van der Waals surface area contributed by atoms with Gasteiger partial charge in [-0.25, -0.2) is 4.79 Å². The number of hydrogen-bond acceptors (Lipinski definition) is 5. The number of methoxy groups -OCH3 is 1. The number of ether oxygens (including phenoxy) is 1. The number of benzene rings is 2. The quantitative estimate of drug-likeness (QED) is 0.603. The Morgan fingerprint density at radius 1 is 1.07 bits per heavy atom. The van der Waals surface area contributed by atoms with E-state index in [1.807, 2.05) is 25.1 Å². The number of carbonyl (C=O) groups excluding carboxylic acids is 3. The molecule has 0 bridgehead atoms. The predicted octanol–water partition coefficient (Wildman–Crippen LogP) is 2.24. The van der Waals surface area contributed by atoms with Gasteiger partial charge in [0.25, 0.3) is 5.91 Å². The van der Waals surface area contributed by atoms with Gasteiger partial charge in [-0.2, -0.15) is 0 Å². The van der Waals surface area contributed by atoms with Gasteiger partial charge in [0.2, 0.25) is 0 Å². The van der Waals surface area contributed by atoms with Gasteiger partial charge >= 0.3 is 5.97 Å². The molecule has 142 valence electrons. The fraction of sp³-hybridized carbons (Fsp3) is 0.136. The van der Waals surface area contributed by atoms with E-state index in [1.165, 1.54) is 24.1 Å². The molecule has 1 heterocycles. The highest BCUT2D eigenvalue weighted by Gasteiger charge is 2.37. The third kappa shape index (κ3) is 3.44. The van der Waals surface area contributed by atoms with Crippen molar-refractivity contribution in [2.45, 2.75) is 13.8 Å². The molecule has 0 radical (unpaired) electrons. The molecule has 0 atom stereocenters. The minimum Gasteiger partial charge on any atom is -0.545 e. The smallest absolute Gasteiger partial charge is 0.340 e. The molecule has 0 N–H and O–H groups in total. The molecule has 0 unspecified atom stereocenters. The summed E-state index contributed by atoms with van der Waals surface area (Å²) in [6.45, 7) is 3.60. The minimum atomic E-state index is -1.28. The summed E-state index contributed by atoms with van der Waals surface area (Å²) >= 11 is 0. The van der Waals surface area contributed by atoms with Crippen LogP contribution in [0.25, 0.3) is 6.08 Å². The van der Waals surface area contributed by atoms with Gasteiger partial charge in [-0.3, -0.25) is 9.69 Å². The zero-order valence-electron chi connectivity index (χ0n) is 15.7. The molecule has 0 saturated carbocycles. The molecule has 2 aromatic rings. The Hall–Kier alpha value is -3.67. The van der Waals surface area contributed by atoms with Crippen molar-refractivity contribution in [1.29, 1.82) is 0 Å². The van der Waals surface area contributed by atoms with Crippen molar-refractivity contribution in [2.75, 3.05) is 12.0 Å². The Balaban J connectivity index is 2.10. The summed E-state index contributed by atoms with van der Waals surface area (Å²) < 4.78 is 4.88. The molecule has 3 rings (SSSR count). The molecule has 0 fully saturated rings. The lowest BCUT2D eigenvalue weighted by atomic mass is 10.0. The Labute approximate surface area is 162 Å². The van der Waals surface area contributed by atoms with Gasteiger partial charge in [0.1, 0.15) is 0 Å². The summed E-state index contributed by atoms with van der Waals surface area (Å²) in [6, 6.07) is 13.3. The van der Waals surface area contributed by atoms with Crippen molar-refractivity contribution in [3.05, 3.63) is 82.1 Å². The molecule has 2 aromatic carbocycles. The Kier molecular flexibility index (Phi) is 5.13. The van der Waals surface area contributed by atoms with Crippen LogP contribution in [0.2, 0.25) is 0 Å². The monoisotopic (exact) mass is 376 g/mol. The van der Waals surface area contributed by atoms with Gasteiger partial charge in [0, 0.05) is 11.4 Å². The second-order valence-corrected chi connectivity index (χ2v) is 6.40. The number of esters is 1. The summed E-state index contributed by atoms with van der Waals surface area (Å²) in [5.41, 5.74) is 3.08. The summed E-state index contributed by atoms with van der Waals surface area (Å²) in [6.07, 6.45) is 1.55. The Bertz CT molecular complexity index is 1030. The minimum absolute atomic E-state index is 0.0289. The number of amides is 1. The van der Waals surface area contributed by atoms with Crippen LogP contribution in [0.5, 0.6) is 0 Å². The van der Waals surface area contributed by atoms with E-state index in [4.69, 9.17) is 4.74 Å². The zero-order chi connectivity index (χ0) is 20.4. The number of hydrogen-bond donors (Lipinski definition) is 0. The van der Waals surface area contributed by atoms with Crippen molar-refractivity contribution in [1.82, 2.24) is 0 Å². The lowest BCUT2D eigenvalue weighted by Crippen LogP contribution is -2.24. The Morgan fingerprint density at radius 3 is 2.32 bits per heavy atom. The van der Waals surface area contributed by atoms with Crippen molar-refractivity contribution in [3.8, 4) is 0 Å². The van der Waals surface area contributed by atoms with E-state index in [0.29, 0.717) is 16.9 Å². The molecule has 28 heavy (non-hydrogen) atoms. The van der Waals surface area contributed by atoms with Crippen molar-refractivity contribution < 1.29 is 24.2 Å². The fourth-order valence-electron chi connectivity index (χ4n) is 3.14. The number of nitrogens with zero attached hydrogens (tertiary/aromatic N) is 1. The van der Waals surface area contributed by atoms with E-state index in [0.717, 1.165) is 5.56 Å². The van der Waals surface area contributed by atoms with E-state index in [1.54, 1.807) is 31.2 Å². The van der Waals surface area contributed by atoms with Crippen LogP contribution in [0.4, 0.5) is 5.69 Å². The first-order valence-electron chi connectivity index (χ1n) is 8.57. The predicted molar refractivity (Wildman–Crippen MR) is 102 cm³/mol. The maximum Gasteiger partial charge on any atom is 0.340 e. The van der Waals surface area contributed by atoms with Gasteiger partial charge in [0.05, 0.1) is 24.2 Å². The first-order valence-corrected chi connectivity index (χ1v) is 8.57. The van der Waals surface area contributed by atoms with Crippen LogP contribution in [0.15, 0.2) is 65.4 Å². The van der Waals surface area contributed by atoms with Crippen molar-refractivity contribution >= 4 is 29.6 Å². The Morgan fingerprint density at radius 2 is 1.75 bits per heavy atom. The number of carbonyl (C=O) groups is 3. The lowest BCUT2D eigenvalue weighted by molar-refractivity contribution is -0.255. The number of rotatable bonds is 4. The highest BCUT2D eigenvalue weighted by molar-refractivity contribution is 6.23. The summed E-state index contributed by atoms with van der Waals surface area (Å²) in [5, 5.41) is 10.9. The molecule has 0 aliphatic carbocycles. The zero-order valence-corrected chi connectivity index (χ0v) is 15.7. The van der Waals surface area contributed by atoms with E-state index >= 15 is 0 Å². The standard InChI is InChI=1S/C22H19NO5/c1-13-5-4-6-17(11-13)23-14(2)19(22(27)28-3)18(20(23)24)12-15-7-9-16(10-8-15)21(25)26/h4-12H,1-3H3,(H,25,26)/p-1/b18-12-. The molecule has 6 nitrogen and oxygen atoms in total. The first kappa shape index (κ1) is 19.1. The number of aromatic carboxylic acids is 1. The number of carboxylic acids is 1. The van der Waals surface area contributed by atoms with E-state index < -0.39 is 11.9 Å². The molecule has 6 heteroatoms. The largest absolute Gasteiger partial charge is 0.545 e. The molecule has 0 aromatic heterocycles. The molecular weight excluding hydrogens is 358 g/mol. The van der Waals surface area contributed by atoms with Crippen molar-refractivity contribution in [2.24, 2.45) is 0 Å². The van der Waals surface area contributed by atoms with Crippen LogP contribution < -0.4 is 10.0 Å². The summed E-state index contributed by atoms with van der Waals surface area (Å²) in [7, 11) is 1.26. The second kappa shape index (κ2) is 7.52. The third-order valence-electron chi connectivity index (χ3n) is 4.51. The number of aryl methyl sites for hydroxylation is 1. The van der Waals surface area contributed by atoms with E-state index in [-0.39, 0.29) is 22.6 Å². The number of carboxylic acid groups (broad SMARTS) is 1. The SMILES string of the molecule is COC(=O)C1=C(C)N(c2cccc(C)c2)C(=O)/C1=C\c1ccc(C(=O)[O-])cc1. The van der Waals surface area contributed by atoms with E-state index in [2.05, 4.69) is 0 Å². The van der Waals surface area contributed by atoms with Crippen LogP contribution in [0.3, 0.4) is 0 Å². The van der Waals surface area contributed by atoms with Crippen LogP contribution in [-0.4, -0.2) is 25.0 Å². The highest BCUT2D eigenvalue weighted by Crippen LogP contribution is 2.35. The third-order valence-corrected chi connectivity index (χ3v) is 4.51. The van der Waals surface area contributed by atoms with Crippen LogP contribution in [0, 0.1) is 6.92 Å².